The summed E-state index contributed by atoms with van der Waals surface area (Å²) in [6, 6.07) is 0. The summed E-state index contributed by atoms with van der Waals surface area (Å²) in [4.78, 5) is 37.5. The van der Waals surface area contributed by atoms with Gasteiger partial charge in [-0.25, -0.2) is 0 Å². The van der Waals surface area contributed by atoms with Crippen LogP contribution in [-0.4, -0.2) is 39.6 Å². The van der Waals surface area contributed by atoms with Gasteiger partial charge in [0.15, 0.2) is 11.4 Å². The smallest absolute Gasteiger partial charge is 0.306 e. The number of Topliss-reactive ketones (excluding diaryl/α,β-unsaturated/α-hetero) is 1. The van der Waals surface area contributed by atoms with Gasteiger partial charge < -0.3 is 14.9 Å². The summed E-state index contributed by atoms with van der Waals surface area (Å²) < 4.78 is 5.82. The molecule has 0 aromatic rings. The molecule has 170 valence electrons. The normalized spacial score (nSPS) is 43.7. The van der Waals surface area contributed by atoms with E-state index in [2.05, 4.69) is 19.9 Å². The summed E-state index contributed by atoms with van der Waals surface area (Å²) in [6.45, 7) is 8.07. The van der Waals surface area contributed by atoms with Gasteiger partial charge in [0.1, 0.15) is 0 Å². The van der Waals surface area contributed by atoms with Crippen molar-refractivity contribution in [3.8, 4) is 0 Å². The van der Waals surface area contributed by atoms with E-state index in [1.54, 1.807) is 13.0 Å². The molecule has 4 rings (SSSR count). The van der Waals surface area contributed by atoms with Crippen molar-refractivity contribution in [1.29, 1.82) is 0 Å². The predicted molar refractivity (Wildman–Crippen MR) is 114 cm³/mol. The SMILES string of the molecule is CCC(=O)O[C@]1(C(=O)C(O)O)CC[C@H]2[C@@H]3CC(C)C4=CC(=O)C=C[C@]4(C)[C@H]3CC[C@@]21C. The van der Waals surface area contributed by atoms with E-state index in [1.807, 2.05) is 13.0 Å². The van der Waals surface area contributed by atoms with Crippen LogP contribution >= 0.6 is 0 Å². The van der Waals surface area contributed by atoms with Crippen LogP contribution in [-0.2, 0) is 19.1 Å². The maximum Gasteiger partial charge on any atom is 0.306 e. The van der Waals surface area contributed by atoms with Crippen molar-refractivity contribution < 1.29 is 29.3 Å². The second-order valence-corrected chi connectivity index (χ2v) is 10.5. The Labute approximate surface area is 183 Å². The molecule has 0 amide bonds. The van der Waals surface area contributed by atoms with E-state index in [4.69, 9.17) is 4.74 Å². The van der Waals surface area contributed by atoms with E-state index in [-0.39, 0.29) is 29.5 Å². The van der Waals surface area contributed by atoms with E-state index in [0.29, 0.717) is 31.1 Å². The van der Waals surface area contributed by atoms with E-state index >= 15 is 0 Å². The lowest BCUT2D eigenvalue weighted by atomic mass is 9.45. The lowest BCUT2D eigenvalue weighted by molar-refractivity contribution is -0.202. The Morgan fingerprint density at radius 3 is 2.52 bits per heavy atom. The molecule has 31 heavy (non-hydrogen) atoms. The zero-order chi connectivity index (χ0) is 22.8. The molecule has 1 unspecified atom stereocenters. The third-order valence-electron chi connectivity index (χ3n) is 9.21. The quantitative estimate of drug-likeness (QED) is 0.525. The van der Waals surface area contributed by atoms with E-state index in [1.165, 1.54) is 5.57 Å². The third-order valence-corrected chi connectivity index (χ3v) is 9.21. The summed E-state index contributed by atoms with van der Waals surface area (Å²) in [6.07, 6.45) is 6.96. The second-order valence-electron chi connectivity index (χ2n) is 10.5. The Kier molecular flexibility index (Phi) is 5.33. The van der Waals surface area contributed by atoms with Crippen molar-refractivity contribution in [1.82, 2.24) is 0 Å². The number of aliphatic hydroxyl groups is 2. The van der Waals surface area contributed by atoms with Crippen LogP contribution in [0.3, 0.4) is 0 Å². The fraction of sp³-hybridized carbons (Fsp3) is 0.720. The highest BCUT2D eigenvalue weighted by Gasteiger charge is 2.69. The first-order chi connectivity index (χ1) is 14.5. The van der Waals surface area contributed by atoms with Crippen LogP contribution in [0, 0.1) is 34.5 Å². The number of ether oxygens (including phenoxy) is 1. The number of aliphatic hydroxyl groups excluding tert-OH is 1. The Morgan fingerprint density at radius 2 is 1.87 bits per heavy atom. The summed E-state index contributed by atoms with van der Waals surface area (Å²) in [5, 5.41) is 19.6. The van der Waals surface area contributed by atoms with Crippen LogP contribution in [0.25, 0.3) is 0 Å². The first-order valence-electron chi connectivity index (χ1n) is 11.6. The maximum atomic E-state index is 13.1. The molecule has 0 spiro atoms. The van der Waals surface area contributed by atoms with Gasteiger partial charge in [0.05, 0.1) is 0 Å². The number of esters is 1. The molecule has 6 nitrogen and oxygen atoms in total. The Hall–Kier alpha value is -1.79. The largest absolute Gasteiger partial charge is 0.450 e. The fourth-order valence-electron chi connectivity index (χ4n) is 7.71. The number of hydrogen-bond acceptors (Lipinski definition) is 6. The maximum absolute atomic E-state index is 13.1. The average Bonchev–Trinajstić information content (AvgIpc) is 3.02. The molecule has 0 aromatic heterocycles. The topological polar surface area (TPSA) is 101 Å². The van der Waals surface area contributed by atoms with Gasteiger partial charge in [0, 0.05) is 17.3 Å². The molecule has 4 aliphatic rings. The monoisotopic (exact) mass is 430 g/mol. The molecule has 0 bridgehead atoms. The molecule has 0 aliphatic heterocycles. The van der Waals surface area contributed by atoms with Crippen LogP contribution < -0.4 is 0 Å². The number of hydrogen-bond donors (Lipinski definition) is 2. The van der Waals surface area contributed by atoms with Crippen molar-refractivity contribution in [2.24, 2.45) is 34.5 Å². The molecule has 7 atom stereocenters. The van der Waals surface area contributed by atoms with Gasteiger partial charge in [0.25, 0.3) is 0 Å². The Bertz CT molecular complexity index is 871. The lowest BCUT2D eigenvalue weighted by Gasteiger charge is -2.59. The molecule has 0 saturated heterocycles. The van der Waals surface area contributed by atoms with Crippen LogP contribution in [0.4, 0.5) is 0 Å². The summed E-state index contributed by atoms with van der Waals surface area (Å²) in [5.74, 6) is -0.214. The number of ketones is 2. The molecular formula is C25H34O6. The Morgan fingerprint density at radius 1 is 1.19 bits per heavy atom. The standard InChI is InChI=1S/C25H34O6/c1-5-20(27)31-25(21(28)22(29)30)11-8-18-16-12-14(2)19-13-15(26)6-9-23(19,3)17(16)7-10-24(18,25)4/h6,9,13-14,16-18,22,29-30H,5,7-8,10-12H2,1-4H3/t14?,16-,17+,18+,23-,24+,25+/m1/s1. The minimum absolute atomic E-state index is 0.0484. The van der Waals surface area contributed by atoms with E-state index in [9.17, 15) is 24.6 Å². The van der Waals surface area contributed by atoms with Gasteiger partial charge in [-0.05, 0) is 67.9 Å². The van der Waals surface area contributed by atoms with Crippen molar-refractivity contribution in [3.63, 3.8) is 0 Å². The summed E-state index contributed by atoms with van der Waals surface area (Å²) >= 11 is 0. The molecule has 4 aliphatic carbocycles. The molecule has 6 heteroatoms. The first-order valence-corrected chi connectivity index (χ1v) is 11.6. The highest BCUT2D eigenvalue weighted by molar-refractivity contribution is 6.01. The fourth-order valence-corrected chi connectivity index (χ4v) is 7.71. The van der Waals surface area contributed by atoms with Crippen LogP contribution in [0.15, 0.2) is 23.8 Å². The number of carbonyl (C=O) groups is 3. The van der Waals surface area contributed by atoms with Gasteiger partial charge in [0.2, 0.25) is 12.1 Å². The minimum atomic E-state index is -2.16. The Balaban J connectivity index is 1.75. The molecular weight excluding hydrogens is 396 g/mol. The highest BCUT2D eigenvalue weighted by Crippen LogP contribution is 2.68. The predicted octanol–water partition coefficient (Wildman–Crippen LogP) is 3.11. The molecule has 3 saturated carbocycles. The van der Waals surface area contributed by atoms with Gasteiger partial charge in [-0.2, -0.15) is 0 Å². The number of carbonyl (C=O) groups excluding carboxylic acids is 3. The second kappa shape index (κ2) is 7.38. The minimum Gasteiger partial charge on any atom is -0.450 e. The lowest BCUT2D eigenvalue weighted by Crippen LogP contribution is -2.61. The molecule has 3 fully saturated rings. The van der Waals surface area contributed by atoms with Crippen LogP contribution in [0.2, 0.25) is 0 Å². The average molecular weight is 431 g/mol. The zero-order valence-corrected chi connectivity index (χ0v) is 18.9. The van der Waals surface area contributed by atoms with Gasteiger partial charge in [-0.1, -0.05) is 39.3 Å². The van der Waals surface area contributed by atoms with Gasteiger partial charge in [-0.15, -0.1) is 0 Å². The van der Waals surface area contributed by atoms with Crippen LogP contribution in [0.1, 0.15) is 66.2 Å². The number of fused-ring (bicyclic) bond motifs is 5. The molecule has 0 heterocycles. The number of rotatable bonds is 4. The summed E-state index contributed by atoms with van der Waals surface area (Å²) in [7, 11) is 0. The first kappa shape index (κ1) is 22.4. The molecule has 2 N–H and O–H groups in total. The molecule has 0 aromatic carbocycles. The van der Waals surface area contributed by atoms with Crippen molar-refractivity contribution in [2.45, 2.75) is 78.1 Å². The van der Waals surface area contributed by atoms with Crippen molar-refractivity contribution in [3.05, 3.63) is 23.8 Å². The highest BCUT2D eigenvalue weighted by atomic mass is 16.6. The van der Waals surface area contributed by atoms with Crippen LogP contribution in [0.5, 0.6) is 0 Å². The van der Waals surface area contributed by atoms with Gasteiger partial charge >= 0.3 is 5.97 Å². The zero-order valence-electron chi connectivity index (χ0n) is 18.9. The number of allylic oxidation sites excluding steroid dienone is 4. The van der Waals surface area contributed by atoms with Gasteiger partial charge in [-0.3, -0.25) is 14.4 Å². The van der Waals surface area contributed by atoms with E-state index < -0.39 is 29.1 Å². The van der Waals surface area contributed by atoms with Crippen molar-refractivity contribution in [2.75, 3.05) is 0 Å². The third kappa shape index (κ3) is 3.01. The molecule has 0 radical (unpaired) electrons. The summed E-state index contributed by atoms with van der Waals surface area (Å²) in [5.41, 5.74) is -1.13. The van der Waals surface area contributed by atoms with E-state index in [0.717, 1.165) is 12.8 Å². The van der Waals surface area contributed by atoms with Crippen molar-refractivity contribution >= 4 is 17.5 Å².